The van der Waals surface area contributed by atoms with E-state index in [0.29, 0.717) is 6.04 Å². The first-order valence-corrected chi connectivity index (χ1v) is 13.9. The van der Waals surface area contributed by atoms with E-state index in [4.69, 9.17) is 44.8 Å². The van der Waals surface area contributed by atoms with Gasteiger partial charge in [-0.25, -0.2) is 0 Å². The molecule has 1 aliphatic rings. The number of hydrogen-bond donors (Lipinski definition) is 5. The summed E-state index contributed by atoms with van der Waals surface area (Å²) >= 11 is 34.7. The summed E-state index contributed by atoms with van der Waals surface area (Å²) in [5, 5.41) is 3.52. The van der Waals surface area contributed by atoms with E-state index in [2.05, 4.69) is 49.2 Å². The van der Waals surface area contributed by atoms with Crippen LogP contribution < -0.4 is 5.32 Å². The van der Waals surface area contributed by atoms with Crippen LogP contribution in [-0.4, -0.2) is 20.7 Å². The Bertz CT molecular complexity index is 444. The molecule has 0 saturated carbocycles. The van der Waals surface area contributed by atoms with Crippen LogP contribution in [0.25, 0.3) is 0 Å². The molecule has 0 radical (unpaired) electrons. The summed E-state index contributed by atoms with van der Waals surface area (Å²) in [7, 11) is -1.01. The first-order valence-electron chi connectivity index (χ1n) is 4.85. The molecule has 1 heterocycles. The lowest BCUT2D eigenvalue weighted by atomic mass is 10.0. The van der Waals surface area contributed by atoms with E-state index in [1.54, 1.807) is 0 Å². The number of rotatable bonds is 4. The highest BCUT2D eigenvalue weighted by molar-refractivity contribution is 8.94. The van der Waals surface area contributed by atoms with Crippen molar-refractivity contribution in [2.24, 2.45) is 0 Å². The van der Waals surface area contributed by atoms with E-state index >= 15 is 0 Å². The highest BCUT2D eigenvalue weighted by Crippen LogP contribution is 2.39. The minimum Gasteiger partial charge on any atom is -0.305 e. The fourth-order valence-electron chi connectivity index (χ4n) is 2.04. The summed E-state index contributed by atoms with van der Waals surface area (Å²) in [6.45, 7) is 2.13. The first kappa shape index (κ1) is 17.6. The molecule has 1 N–H and O–H groups in total. The van der Waals surface area contributed by atoms with Gasteiger partial charge in [0.15, 0.2) is 0 Å². The lowest BCUT2D eigenvalue weighted by molar-refractivity contribution is 0.426. The molecule has 1 nitrogen and oxygen atoms in total. The van der Waals surface area contributed by atoms with E-state index in [0.717, 1.165) is 12.8 Å². The van der Waals surface area contributed by atoms with Crippen LogP contribution in [0.5, 0.6) is 0 Å². The van der Waals surface area contributed by atoms with Gasteiger partial charge in [-0.2, -0.15) is 25.3 Å². The zero-order valence-electron chi connectivity index (χ0n) is 8.98. The topological polar surface area (TPSA) is 12.0 Å². The molecule has 0 bridgehead atoms. The third kappa shape index (κ3) is 4.04. The standard InChI is InChI=1S/C7H15NS9/c1-4-2-3-7(8-4,5(9)16(11)12)6(10)17(13,14)15/h4-6,8-10,16H,2-3H2,1H3,(H,13,14,15). The summed E-state index contributed by atoms with van der Waals surface area (Å²) in [5.41, 5.74) is -0.360. The molecular weight excluding hydrogens is 387 g/mol. The second kappa shape index (κ2) is 6.57. The molecule has 0 spiro atoms. The normalized spacial score (nSPS) is 33.8. The highest BCUT2D eigenvalue weighted by atomic mass is 33.5. The van der Waals surface area contributed by atoms with Gasteiger partial charge in [-0.1, -0.05) is 8.01 Å². The van der Waals surface area contributed by atoms with E-state index in [-0.39, 0.29) is 14.7 Å². The Balaban J connectivity index is 3.21. The average Bonchev–Trinajstić information content (AvgIpc) is 2.58. The van der Waals surface area contributed by atoms with Gasteiger partial charge in [-0.3, -0.25) is 0 Å². The quantitative estimate of drug-likeness (QED) is 0.357. The molecule has 0 amide bonds. The summed E-state index contributed by atoms with van der Waals surface area (Å²) in [5.74, 6) is 0. The molecule has 102 valence electrons. The van der Waals surface area contributed by atoms with Crippen LogP contribution in [-0.2, 0) is 58.9 Å². The van der Waals surface area contributed by atoms with Crippen molar-refractivity contribution >= 4 is 95.9 Å². The largest absolute Gasteiger partial charge is 0.305 e. The van der Waals surface area contributed by atoms with E-state index in [1.165, 1.54) is 0 Å². The lowest BCUT2D eigenvalue weighted by Gasteiger charge is -2.40. The van der Waals surface area contributed by atoms with Gasteiger partial charge in [0.2, 0.25) is 0 Å². The fraction of sp³-hybridized carbons (Fsp3) is 1.00. The van der Waals surface area contributed by atoms with Crippen molar-refractivity contribution in [3.8, 4) is 0 Å². The molecule has 17 heavy (non-hydrogen) atoms. The Labute approximate surface area is 140 Å². The van der Waals surface area contributed by atoms with Gasteiger partial charge in [0.05, 0.1) is 14.7 Å². The van der Waals surface area contributed by atoms with E-state index in [9.17, 15) is 0 Å². The van der Waals surface area contributed by atoms with Crippen molar-refractivity contribution in [3.63, 3.8) is 0 Å². The molecule has 0 aromatic carbocycles. The molecule has 4 unspecified atom stereocenters. The van der Waals surface area contributed by atoms with Gasteiger partial charge in [0.25, 0.3) is 0 Å². The van der Waals surface area contributed by atoms with Crippen molar-refractivity contribution in [1.82, 2.24) is 5.32 Å². The third-order valence-electron chi connectivity index (χ3n) is 2.89. The lowest BCUT2D eigenvalue weighted by Crippen LogP contribution is -2.58. The summed E-state index contributed by atoms with van der Waals surface area (Å²) in [6.07, 6.45) is 0.0306. The second-order valence-corrected chi connectivity index (χ2v) is 18.6. The smallest absolute Gasteiger partial charge is 0.0848 e. The third-order valence-corrected chi connectivity index (χ3v) is 12.6. The van der Waals surface area contributed by atoms with Gasteiger partial charge in [-0.05, 0) is 70.7 Å². The maximum Gasteiger partial charge on any atom is 0.0848 e. The summed E-state index contributed by atoms with van der Waals surface area (Å²) in [6, 6.07) is 0.388. The van der Waals surface area contributed by atoms with Crippen LogP contribution in [0.1, 0.15) is 19.8 Å². The molecule has 1 fully saturated rings. The van der Waals surface area contributed by atoms with Gasteiger partial charge >= 0.3 is 0 Å². The summed E-state index contributed by atoms with van der Waals surface area (Å²) in [4.78, 5) is 0. The number of hydrogen-bond acceptors (Lipinski definition) is 7. The molecule has 1 aliphatic heterocycles. The number of nitrogens with one attached hydrogen (secondary N) is 1. The Morgan fingerprint density at radius 2 is 1.94 bits per heavy atom. The van der Waals surface area contributed by atoms with Crippen LogP contribution >= 0.6 is 36.9 Å². The maximum atomic E-state index is 5.31. The van der Waals surface area contributed by atoms with Gasteiger partial charge in [-0.15, -0.1) is 11.7 Å². The van der Waals surface area contributed by atoms with Crippen LogP contribution in [0.4, 0.5) is 0 Å². The molecule has 0 aliphatic carbocycles. The predicted molar refractivity (Wildman–Crippen MR) is 105 cm³/mol. The Hall–Kier alpha value is 2.59. The Morgan fingerprint density at radius 3 is 2.24 bits per heavy atom. The van der Waals surface area contributed by atoms with Crippen molar-refractivity contribution in [2.45, 2.75) is 40.5 Å². The zero-order chi connectivity index (χ0) is 13.4. The van der Waals surface area contributed by atoms with Crippen LogP contribution in [0.2, 0.25) is 0 Å². The Morgan fingerprint density at radius 1 is 1.41 bits per heavy atom. The van der Waals surface area contributed by atoms with E-state index in [1.807, 2.05) is 0 Å². The summed E-state index contributed by atoms with van der Waals surface area (Å²) < 4.78 is -0.327. The zero-order valence-corrected chi connectivity index (χ0v) is 16.6. The molecule has 4 atom stereocenters. The highest BCUT2D eigenvalue weighted by Gasteiger charge is 2.48. The SMILES string of the molecule is CC1CCC(C(S)[SH](=S)=S)(C(S)S(=S)(=S)S)N1. The molecule has 10 heteroatoms. The molecule has 0 aromatic rings. The fourth-order valence-corrected chi connectivity index (χ4v) is 7.49. The molecule has 0 aromatic heterocycles. The van der Waals surface area contributed by atoms with Crippen molar-refractivity contribution < 1.29 is 0 Å². The van der Waals surface area contributed by atoms with Crippen LogP contribution in [0.15, 0.2) is 0 Å². The molecular formula is C7H15NS9. The van der Waals surface area contributed by atoms with Crippen molar-refractivity contribution in [1.29, 1.82) is 0 Å². The molecule has 1 saturated heterocycles. The maximum absolute atomic E-state index is 5.31. The monoisotopic (exact) mass is 401 g/mol. The van der Waals surface area contributed by atoms with Gasteiger partial charge in [0.1, 0.15) is 0 Å². The van der Waals surface area contributed by atoms with Gasteiger partial charge < -0.3 is 5.32 Å². The van der Waals surface area contributed by atoms with Crippen LogP contribution in [0, 0.1) is 0 Å². The average molecular weight is 402 g/mol. The minimum absolute atomic E-state index is 0.111. The van der Waals surface area contributed by atoms with Crippen molar-refractivity contribution in [2.75, 3.05) is 0 Å². The Kier molecular flexibility index (Phi) is 6.82. The van der Waals surface area contributed by atoms with Crippen molar-refractivity contribution in [3.05, 3.63) is 0 Å². The van der Waals surface area contributed by atoms with Gasteiger partial charge in [0, 0.05) is 6.04 Å². The van der Waals surface area contributed by atoms with Crippen LogP contribution in [0.3, 0.4) is 0 Å². The first-order chi connectivity index (χ1) is 7.61. The molecule has 1 rings (SSSR count). The van der Waals surface area contributed by atoms with E-state index < -0.39 is 14.2 Å². The predicted octanol–water partition coefficient (Wildman–Crippen LogP) is 1.21. The number of thiol groups is 4. The second-order valence-electron chi connectivity index (χ2n) is 4.15. The minimum atomic E-state index is -1.91.